The van der Waals surface area contributed by atoms with Crippen molar-refractivity contribution in [2.24, 2.45) is 4.99 Å². The lowest BCUT2D eigenvalue weighted by molar-refractivity contribution is -0.274. The van der Waals surface area contributed by atoms with E-state index in [9.17, 15) is 27.2 Å². The van der Waals surface area contributed by atoms with E-state index in [1.807, 2.05) is 6.07 Å². The predicted molar refractivity (Wildman–Crippen MR) is 145 cm³/mol. The summed E-state index contributed by atoms with van der Waals surface area (Å²) < 4.78 is 62.8. The number of carbonyl (C=O) groups is 2. The molecule has 0 radical (unpaired) electrons. The van der Waals surface area contributed by atoms with Crippen LogP contribution in [0.2, 0.25) is 0 Å². The molecule has 1 N–H and O–H groups in total. The molecule has 1 fully saturated rings. The zero-order valence-electron chi connectivity index (χ0n) is 21.3. The lowest BCUT2D eigenvalue weighted by Gasteiger charge is -2.18. The Bertz CT molecular complexity index is 1720. The van der Waals surface area contributed by atoms with E-state index in [1.165, 1.54) is 40.2 Å². The standard InChI is InChI=1S/C27H18F4N6O4S/c28-19-12-15(24-32-14-36(35-24)16-5-7-17(8-6-16)41-27(29,30)31)4-9-20(19)33-25(39)34-26-37(23(38)13-42-26)21-2-1-3-22-18(21)10-11-40-22/h1-9,12,14H,10-11,13H2,(H,33,39)/b34-26-. The van der Waals surface area contributed by atoms with Gasteiger partial charge in [-0.2, -0.15) is 4.99 Å². The average Bonchev–Trinajstić information content (AvgIpc) is 3.70. The second kappa shape index (κ2) is 10.8. The van der Waals surface area contributed by atoms with Crippen LogP contribution in [0.1, 0.15) is 5.56 Å². The number of nitrogens with zero attached hydrogens (tertiary/aromatic N) is 5. The number of nitrogens with one attached hydrogen (secondary N) is 1. The Balaban J connectivity index is 1.16. The van der Waals surface area contributed by atoms with E-state index in [0.717, 1.165) is 35.5 Å². The monoisotopic (exact) mass is 598 g/mol. The Morgan fingerprint density at radius 1 is 1.12 bits per heavy atom. The van der Waals surface area contributed by atoms with Gasteiger partial charge in [0.2, 0.25) is 5.91 Å². The number of aromatic nitrogens is 3. The van der Waals surface area contributed by atoms with Crippen LogP contribution in [-0.4, -0.2) is 50.6 Å². The van der Waals surface area contributed by atoms with Crippen molar-refractivity contribution in [1.82, 2.24) is 14.8 Å². The minimum Gasteiger partial charge on any atom is -0.493 e. The number of amides is 3. The maximum Gasteiger partial charge on any atom is 0.573 e. The van der Waals surface area contributed by atoms with E-state index in [1.54, 1.807) is 12.1 Å². The van der Waals surface area contributed by atoms with Crippen LogP contribution in [0.4, 0.5) is 33.7 Å². The highest BCUT2D eigenvalue weighted by Crippen LogP contribution is 2.37. The van der Waals surface area contributed by atoms with Crippen LogP contribution in [0.15, 0.2) is 72.0 Å². The van der Waals surface area contributed by atoms with Gasteiger partial charge in [0.1, 0.15) is 23.6 Å². The van der Waals surface area contributed by atoms with Gasteiger partial charge in [0.15, 0.2) is 11.0 Å². The molecule has 3 aromatic carbocycles. The van der Waals surface area contributed by atoms with Gasteiger partial charge in [0.25, 0.3) is 0 Å². The summed E-state index contributed by atoms with van der Waals surface area (Å²) in [5, 5.41) is 6.80. The molecule has 4 aromatic rings. The molecular formula is C27H18F4N6O4S. The highest BCUT2D eigenvalue weighted by molar-refractivity contribution is 8.15. The summed E-state index contributed by atoms with van der Waals surface area (Å²) in [6, 6.07) is 13.4. The fourth-order valence-electron chi connectivity index (χ4n) is 4.40. The number of ether oxygens (including phenoxy) is 2. The number of aliphatic imine (C=N–C) groups is 1. The SMILES string of the molecule is O=C(/N=C1\SCC(=O)N1c1cccc2c1CCO2)Nc1ccc(-c2ncn(-c3ccc(OC(F)(F)F)cc3)n2)cc1F. The van der Waals surface area contributed by atoms with Crippen LogP contribution in [0.3, 0.4) is 0 Å². The molecule has 0 unspecified atom stereocenters. The average molecular weight is 599 g/mol. The van der Waals surface area contributed by atoms with Crippen molar-refractivity contribution < 1.29 is 36.6 Å². The number of amidine groups is 1. The fraction of sp³-hybridized carbons (Fsp3) is 0.148. The highest BCUT2D eigenvalue weighted by atomic mass is 32.2. The zero-order valence-corrected chi connectivity index (χ0v) is 22.1. The van der Waals surface area contributed by atoms with E-state index in [2.05, 4.69) is 25.1 Å². The molecule has 0 aliphatic carbocycles. The molecule has 3 heterocycles. The molecule has 1 aromatic heterocycles. The number of alkyl halides is 3. The van der Waals surface area contributed by atoms with Crippen LogP contribution in [0.5, 0.6) is 11.5 Å². The minimum atomic E-state index is -4.81. The van der Waals surface area contributed by atoms with Gasteiger partial charge in [-0.05, 0) is 54.6 Å². The molecule has 0 bridgehead atoms. The van der Waals surface area contributed by atoms with E-state index in [4.69, 9.17) is 4.74 Å². The minimum absolute atomic E-state index is 0.102. The molecular weight excluding hydrogens is 580 g/mol. The molecule has 10 nitrogen and oxygen atoms in total. The number of halogens is 4. The first-order valence-electron chi connectivity index (χ1n) is 12.3. The van der Waals surface area contributed by atoms with Crippen LogP contribution in [0, 0.1) is 5.82 Å². The molecule has 0 atom stereocenters. The Morgan fingerprint density at radius 3 is 2.69 bits per heavy atom. The summed E-state index contributed by atoms with van der Waals surface area (Å²) in [5.41, 5.74) is 1.99. The Morgan fingerprint density at radius 2 is 1.93 bits per heavy atom. The van der Waals surface area contributed by atoms with Gasteiger partial charge >= 0.3 is 12.4 Å². The van der Waals surface area contributed by atoms with Gasteiger partial charge in [-0.25, -0.2) is 18.9 Å². The van der Waals surface area contributed by atoms with E-state index >= 15 is 0 Å². The lowest BCUT2D eigenvalue weighted by Crippen LogP contribution is -2.31. The van der Waals surface area contributed by atoms with Crippen molar-refractivity contribution in [1.29, 1.82) is 0 Å². The summed E-state index contributed by atoms with van der Waals surface area (Å²) >= 11 is 1.10. The van der Waals surface area contributed by atoms with Crippen LogP contribution >= 0.6 is 11.8 Å². The quantitative estimate of drug-likeness (QED) is 0.299. The number of anilines is 2. The van der Waals surface area contributed by atoms with Crippen molar-refractivity contribution in [3.63, 3.8) is 0 Å². The summed E-state index contributed by atoms with van der Waals surface area (Å²) in [7, 11) is 0. The van der Waals surface area contributed by atoms with Crippen molar-refractivity contribution in [2.75, 3.05) is 22.6 Å². The third-order valence-corrected chi connectivity index (χ3v) is 7.14. The number of fused-ring (bicyclic) bond motifs is 1. The smallest absolute Gasteiger partial charge is 0.493 e. The molecule has 6 rings (SSSR count). The van der Waals surface area contributed by atoms with Gasteiger partial charge in [0.05, 0.1) is 29.4 Å². The first-order chi connectivity index (χ1) is 20.1. The molecule has 15 heteroatoms. The summed E-state index contributed by atoms with van der Waals surface area (Å²) in [5.74, 6) is -0.490. The number of hydrogen-bond acceptors (Lipinski definition) is 7. The molecule has 2 aliphatic heterocycles. The van der Waals surface area contributed by atoms with Crippen LogP contribution in [-0.2, 0) is 11.2 Å². The highest BCUT2D eigenvalue weighted by Gasteiger charge is 2.34. The second-order valence-electron chi connectivity index (χ2n) is 8.94. The number of hydrogen-bond donors (Lipinski definition) is 1. The molecule has 2 aliphatic rings. The predicted octanol–water partition coefficient (Wildman–Crippen LogP) is 5.57. The third kappa shape index (κ3) is 5.63. The normalized spacial score (nSPS) is 15.6. The molecule has 3 amide bonds. The van der Waals surface area contributed by atoms with Gasteiger partial charge in [-0.3, -0.25) is 9.69 Å². The first kappa shape index (κ1) is 27.3. The maximum atomic E-state index is 15.0. The van der Waals surface area contributed by atoms with Crippen molar-refractivity contribution in [3.05, 3.63) is 78.4 Å². The Hall–Kier alpha value is -4.92. The summed E-state index contributed by atoms with van der Waals surface area (Å²) in [6.07, 6.45) is -2.87. The van der Waals surface area contributed by atoms with Crippen LogP contribution < -0.4 is 19.7 Å². The number of thioether (sulfide) groups is 1. The van der Waals surface area contributed by atoms with E-state index in [0.29, 0.717) is 30.2 Å². The third-order valence-electron chi connectivity index (χ3n) is 6.22. The molecule has 42 heavy (non-hydrogen) atoms. The number of rotatable bonds is 5. The van der Waals surface area contributed by atoms with Gasteiger partial charge < -0.3 is 14.8 Å². The number of benzene rings is 3. The Kier molecular flexibility index (Phi) is 7.02. The zero-order chi connectivity index (χ0) is 29.4. The van der Waals surface area contributed by atoms with Gasteiger partial charge in [-0.1, -0.05) is 17.8 Å². The van der Waals surface area contributed by atoms with E-state index in [-0.39, 0.29) is 39.7 Å². The van der Waals surface area contributed by atoms with Gasteiger partial charge in [-0.15, -0.1) is 18.3 Å². The summed E-state index contributed by atoms with van der Waals surface area (Å²) in [4.78, 5) is 34.9. The van der Waals surface area contributed by atoms with E-state index < -0.39 is 18.2 Å². The van der Waals surface area contributed by atoms with Crippen molar-refractivity contribution in [2.45, 2.75) is 12.8 Å². The second-order valence-corrected chi connectivity index (χ2v) is 9.89. The van der Waals surface area contributed by atoms with Crippen LogP contribution in [0.25, 0.3) is 17.1 Å². The lowest BCUT2D eigenvalue weighted by atomic mass is 10.1. The summed E-state index contributed by atoms with van der Waals surface area (Å²) in [6.45, 7) is 0.493. The number of carbonyl (C=O) groups excluding carboxylic acids is 2. The first-order valence-corrected chi connectivity index (χ1v) is 13.3. The largest absolute Gasteiger partial charge is 0.573 e. The number of urea groups is 1. The fourth-order valence-corrected chi connectivity index (χ4v) is 5.26. The molecule has 0 saturated carbocycles. The topological polar surface area (TPSA) is 111 Å². The molecule has 214 valence electrons. The maximum absolute atomic E-state index is 15.0. The molecule has 0 spiro atoms. The van der Waals surface area contributed by atoms with Crippen molar-refractivity contribution in [3.8, 4) is 28.6 Å². The molecule has 1 saturated heterocycles. The van der Waals surface area contributed by atoms with Gasteiger partial charge in [0, 0.05) is 17.5 Å². The Labute approximate surface area is 239 Å². The van der Waals surface area contributed by atoms with Crippen molar-refractivity contribution >= 4 is 40.2 Å².